The number of aryl methyl sites for hydroxylation is 1. The summed E-state index contributed by atoms with van der Waals surface area (Å²) in [4.78, 5) is 15.1. The number of hydrogen-bond donors (Lipinski definition) is 0. The molecule has 3 aromatic rings. The number of carbonyl (C=O) groups is 1. The molecule has 0 N–H and O–H groups in total. The molecule has 31 heavy (non-hydrogen) atoms. The number of benzene rings is 2. The molecular weight excluding hydrogens is 428 g/mol. The van der Waals surface area contributed by atoms with Crippen molar-refractivity contribution in [3.8, 4) is 17.1 Å². The molecule has 0 bridgehead atoms. The highest BCUT2D eigenvalue weighted by Gasteiger charge is 2.29. The van der Waals surface area contributed by atoms with Crippen molar-refractivity contribution >= 4 is 29.3 Å². The lowest BCUT2D eigenvalue weighted by atomic mass is 9.98. The Kier molecular flexibility index (Phi) is 6.68. The molecular formula is C24H27ClN4OS. The molecule has 2 heterocycles. The van der Waals surface area contributed by atoms with E-state index < -0.39 is 0 Å². The Balaban J connectivity index is 1.63. The number of nitrogens with zero attached hydrogens (tertiary/aromatic N) is 4. The number of halogens is 1. The average molecular weight is 455 g/mol. The van der Waals surface area contributed by atoms with Crippen molar-refractivity contribution in [3.05, 3.63) is 59.1 Å². The Labute approximate surface area is 192 Å². The summed E-state index contributed by atoms with van der Waals surface area (Å²) in [5, 5.41) is 10.3. The molecule has 162 valence electrons. The molecule has 1 aromatic heterocycles. The van der Waals surface area contributed by atoms with E-state index in [1.54, 1.807) is 0 Å². The molecule has 2 aromatic carbocycles. The minimum absolute atomic E-state index is 0.163. The molecule has 1 aliphatic rings. The topological polar surface area (TPSA) is 51.0 Å². The van der Waals surface area contributed by atoms with Crippen molar-refractivity contribution in [2.75, 3.05) is 5.75 Å². The van der Waals surface area contributed by atoms with Gasteiger partial charge in [-0.05, 0) is 76.4 Å². The van der Waals surface area contributed by atoms with Crippen molar-refractivity contribution in [1.29, 1.82) is 0 Å². The smallest absolute Gasteiger partial charge is 0.233 e. The van der Waals surface area contributed by atoms with Gasteiger partial charge >= 0.3 is 0 Å². The summed E-state index contributed by atoms with van der Waals surface area (Å²) in [6.07, 6.45) is 3.33. The van der Waals surface area contributed by atoms with Crippen molar-refractivity contribution < 1.29 is 4.79 Å². The predicted molar refractivity (Wildman–Crippen MR) is 127 cm³/mol. The second kappa shape index (κ2) is 9.45. The van der Waals surface area contributed by atoms with Crippen LogP contribution in [-0.2, 0) is 4.79 Å². The van der Waals surface area contributed by atoms with E-state index >= 15 is 0 Å². The Bertz CT molecular complexity index is 1040. The lowest BCUT2D eigenvalue weighted by Gasteiger charge is -2.39. The zero-order valence-electron chi connectivity index (χ0n) is 18.1. The Hall–Kier alpha value is -2.31. The standard InChI is InChI=1S/C24H27ClN4OS/c1-16-7-13-21(14-8-16)29-23(19-9-11-20(25)12-10-19)26-27-24(29)31-15-22(30)28-17(2)5-4-6-18(28)3/h7-14,17-18H,4-6,15H2,1-3H3/t17-,18+. The SMILES string of the molecule is Cc1ccc(-n2c(SCC(=O)N3[C@H](C)CCC[C@@H]3C)nnc2-c2ccc(Cl)cc2)cc1. The van der Waals surface area contributed by atoms with E-state index in [4.69, 9.17) is 11.6 Å². The number of carbonyl (C=O) groups excluding carboxylic acids is 1. The van der Waals surface area contributed by atoms with Crippen LogP contribution in [0.3, 0.4) is 0 Å². The van der Waals surface area contributed by atoms with E-state index in [9.17, 15) is 4.79 Å². The summed E-state index contributed by atoms with van der Waals surface area (Å²) < 4.78 is 2.02. The maximum atomic E-state index is 13.0. The summed E-state index contributed by atoms with van der Waals surface area (Å²) in [5.41, 5.74) is 3.08. The van der Waals surface area contributed by atoms with E-state index in [0.717, 1.165) is 29.9 Å². The fourth-order valence-corrected chi connectivity index (χ4v) is 5.14. The summed E-state index contributed by atoms with van der Waals surface area (Å²) >= 11 is 7.51. The molecule has 1 fully saturated rings. The summed E-state index contributed by atoms with van der Waals surface area (Å²) in [7, 11) is 0. The van der Waals surface area contributed by atoms with Crippen LogP contribution in [0.15, 0.2) is 53.7 Å². The minimum Gasteiger partial charge on any atom is -0.337 e. The van der Waals surface area contributed by atoms with Crippen LogP contribution in [0.2, 0.25) is 5.02 Å². The fourth-order valence-electron chi connectivity index (χ4n) is 4.19. The Morgan fingerprint density at radius 1 is 1.03 bits per heavy atom. The summed E-state index contributed by atoms with van der Waals surface area (Å²) in [6.45, 7) is 6.35. The average Bonchev–Trinajstić information content (AvgIpc) is 3.17. The zero-order valence-corrected chi connectivity index (χ0v) is 19.7. The maximum Gasteiger partial charge on any atom is 0.233 e. The molecule has 0 radical (unpaired) electrons. The maximum absolute atomic E-state index is 13.0. The monoisotopic (exact) mass is 454 g/mol. The van der Waals surface area contributed by atoms with Gasteiger partial charge in [0.15, 0.2) is 11.0 Å². The van der Waals surface area contributed by atoms with Gasteiger partial charge in [-0.3, -0.25) is 9.36 Å². The van der Waals surface area contributed by atoms with E-state index in [2.05, 4.69) is 55.2 Å². The lowest BCUT2D eigenvalue weighted by molar-refractivity contribution is -0.134. The molecule has 4 rings (SSSR count). The van der Waals surface area contributed by atoms with E-state index in [1.165, 1.54) is 23.7 Å². The van der Waals surface area contributed by atoms with Crippen LogP contribution < -0.4 is 0 Å². The summed E-state index contributed by atoms with van der Waals surface area (Å²) in [5.74, 6) is 1.24. The van der Waals surface area contributed by atoms with Crippen molar-refractivity contribution in [1.82, 2.24) is 19.7 Å². The van der Waals surface area contributed by atoms with Crippen LogP contribution in [0.1, 0.15) is 38.7 Å². The number of thioether (sulfide) groups is 1. The van der Waals surface area contributed by atoms with Crippen LogP contribution in [0.4, 0.5) is 0 Å². The highest BCUT2D eigenvalue weighted by molar-refractivity contribution is 7.99. The lowest BCUT2D eigenvalue weighted by Crippen LogP contribution is -2.48. The number of likely N-dealkylation sites (tertiary alicyclic amines) is 1. The van der Waals surface area contributed by atoms with Crippen molar-refractivity contribution in [2.45, 2.75) is 57.3 Å². The molecule has 7 heteroatoms. The highest BCUT2D eigenvalue weighted by Crippen LogP contribution is 2.30. The van der Waals surface area contributed by atoms with Gasteiger partial charge in [0, 0.05) is 28.4 Å². The normalized spacial score (nSPS) is 18.9. The molecule has 0 saturated carbocycles. The third-order valence-corrected chi connectivity index (χ3v) is 7.00. The largest absolute Gasteiger partial charge is 0.337 e. The second-order valence-electron chi connectivity index (χ2n) is 8.20. The molecule has 1 saturated heterocycles. The van der Waals surface area contributed by atoms with Gasteiger partial charge in [0.1, 0.15) is 0 Å². The fraction of sp³-hybridized carbons (Fsp3) is 0.375. The third kappa shape index (κ3) is 4.80. The van der Waals surface area contributed by atoms with Gasteiger partial charge in [-0.25, -0.2) is 0 Å². The van der Waals surface area contributed by atoms with E-state index in [0.29, 0.717) is 15.9 Å². The second-order valence-corrected chi connectivity index (χ2v) is 9.58. The molecule has 1 aliphatic heterocycles. The van der Waals surface area contributed by atoms with Gasteiger partial charge < -0.3 is 4.90 Å². The number of aromatic nitrogens is 3. The molecule has 0 spiro atoms. The predicted octanol–water partition coefficient (Wildman–Crippen LogP) is 5.78. The van der Waals surface area contributed by atoms with Crippen LogP contribution >= 0.6 is 23.4 Å². The van der Waals surface area contributed by atoms with Crippen molar-refractivity contribution in [3.63, 3.8) is 0 Å². The van der Waals surface area contributed by atoms with E-state index in [1.807, 2.05) is 33.7 Å². The molecule has 0 unspecified atom stereocenters. The molecule has 2 atom stereocenters. The Morgan fingerprint density at radius 3 is 2.32 bits per heavy atom. The van der Waals surface area contributed by atoms with Gasteiger partial charge in [-0.1, -0.05) is 41.1 Å². The number of piperidine rings is 1. The number of rotatable bonds is 5. The first-order chi connectivity index (χ1) is 14.9. The van der Waals surface area contributed by atoms with Crippen LogP contribution in [-0.4, -0.2) is 43.4 Å². The molecule has 0 aliphatic carbocycles. The molecule has 5 nitrogen and oxygen atoms in total. The quantitative estimate of drug-likeness (QED) is 0.458. The number of amides is 1. The van der Waals surface area contributed by atoms with Gasteiger partial charge in [-0.15, -0.1) is 10.2 Å². The van der Waals surface area contributed by atoms with Gasteiger partial charge in [0.05, 0.1) is 5.75 Å². The first-order valence-corrected chi connectivity index (χ1v) is 12.0. The minimum atomic E-state index is 0.163. The van der Waals surface area contributed by atoms with Gasteiger partial charge in [-0.2, -0.15) is 0 Å². The third-order valence-electron chi connectivity index (χ3n) is 5.83. The molecule has 1 amide bonds. The van der Waals surface area contributed by atoms with Gasteiger partial charge in [0.25, 0.3) is 0 Å². The van der Waals surface area contributed by atoms with Gasteiger partial charge in [0.2, 0.25) is 5.91 Å². The van der Waals surface area contributed by atoms with Crippen LogP contribution in [0, 0.1) is 6.92 Å². The highest BCUT2D eigenvalue weighted by atomic mass is 35.5. The summed E-state index contributed by atoms with van der Waals surface area (Å²) in [6, 6.07) is 16.4. The van der Waals surface area contributed by atoms with E-state index in [-0.39, 0.29) is 18.0 Å². The van der Waals surface area contributed by atoms with Crippen LogP contribution in [0.5, 0.6) is 0 Å². The zero-order chi connectivity index (χ0) is 22.0. The Morgan fingerprint density at radius 2 is 1.68 bits per heavy atom. The van der Waals surface area contributed by atoms with Crippen LogP contribution in [0.25, 0.3) is 17.1 Å². The first kappa shape index (κ1) is 21.9. The number of hydrogen-bond acceptors (Lipinski definition) is 4. The van der Waals surface area contributed by atoms with Crippen molar-refractivity contribution in [2.24, 2.45) is 0 Å². The first-order valence-electron chi connectivity index (χ1n) is 10.7.